The molecule has 6 nitrogen and oxygen atoms in total. The number of aryl methyl sites for hydroxylation is 1. The van der Waals surface area contributed by atoms with E-state index in [9.17, 15) is 9.59 Å². The maximum atomic E-state index is 12.0. The molecule has 26 heavy (non-hydrogen) atoms. The second-order valence-electron chi connectivity index (χ2n) is 5.66. The largest absolute Gasteiger partial charge is 0.411 e. The maximum Gasteiger partial charge on any atom is 0.277 e. The lowest BCUT2D eigenvalue weighted by molar-refractivity contribution is -0.123. The Bertz CT molecular complexity index is 909. The number of nitrogens with one attached hydrogen (secondary N) is 1. The molecule has 1 N–H and O–H groups in total. The van der Waals surface area contributed by atoms with Crippen LogP contribution in [0.2, 0.25) is 0 Å². The first-order valence-electron chi connectivity index (χ1n) is 8.00. The Balaban J connectivity index is 1.49. The Kier molecular flexibility index (Phi) is 5.80. The summed E-state index contributed by atoms with van der Waals surface area (Å²) < 4.78 is 5.56. The molecule has 0 aliphatic rings. The molecule has 1 heterocycles. The van der Waals surface area contributed by atoms with Crippen LogP contribution in [0.3, 0.4) is 0 Å². The van der Waals surface area contributed by atoms with Gasteiger partial charge in [-0.25, -0.2) is 0 Å². The van der Waals surface area contributed by atoms with E-state index in [4.69, 9.17) is 4.42 Å². The van der Waals surface area contributed by atoms with E-state index >= 15 is 0 Å². The van der Waals surface area contributed by atoms with Gasteiger partial charge in [0.05, 0.1) is 12.2 Å². The third-order valence-corrected chi connectivity index (χ3v) is 4.32. The van der Waals surface area contributed by atoms with Gasteiger partial charge in [-0.15, -0.1) is 10.2 Å². The van der Waals surface area contributed by atoms with E-state index in [0.29, 0.717) is 16.8 Å². The van der Waals surface area contributed by atoms with E-state index in [1.165, 1.54) is 0 Å². The summed E-state index contributed by atoms with van der Waals surface area (Å²) in [5, 5.41) is 10.9. The van der Waals surface area contributed by atoms with Crippen molar-refractivity contribution in [2.45, 2.75) is 18.6 Å². The average Bonchev–Trinajstić information content (AvgIpc) is 3.10. The van der Waals surface area contributed by atoms with Crippen molar-refractivity contribution in [3.8, 4) is 11.5 Å². The van der Waals surface area contributed by atoms with Crippen molar-refractivity contribution in [2.24, 2.45) is 0 Å². The van der Waals surface area contributed by atoms with Gasteiger partial charge in [0.25, 0.3) is 5.22 Å². The van der Waals surface area contributed by atoms with Crippen molar-refractivity contribution < 1.29 is 14.0 Å². The van der Waals surface area contributed by atoms with Crippen molar-refractivity contribution in [3.05, 3.63) is 60.2 Å². The number of benzene rings is 2. The Labute approximate surface area is 155 Å². The molecule has 132 valence electrons. The van der Waals surface area contributed by atoms with Crippen molar-refractivity contribution in [3.63, 3.8) is 0 Å². The summed E-state index contributed by atoms with van der Waals surface area (Å²) in [4.78, 5) is 23.8. The normalized spacial score (nSPS) is 10.5. The van der Waals surface area contributed by atoms with E-state index < -0.39 is 0 Å². The molecule has 0 fully saturated rings. The molecule has 2 aromatic carbocycles. The molecule has 0 unspecified atom stereocenters. The summed E-state index contributed by atoms with van der Waals surface area (Å²) in [6.07, 6.45) is -0.194. The number of anilines is 1. The molecule has 3 aromatic rings. The van der Waals surface area contributed by atoms with Gasteiger partial charge in [0.15, 0.2) is 5.78 Å². The van der Waals surface area contributed by atoms with Crippen LogP contribution < -0.4 is 5.32 Å². The van der Waals surface area contributed by atoms with Gasteiger partial charge in [-0.1, -0.05) is 47.7 Å². The minimum Gasteiger partial charge on any atom is -0.411 e. The second-order valence-corrected chi connectivity index (χ2v) is 6.59. The van der Waals surface area contributed by atoms with Crippen LogP contribution in [0.25, 0.3) is 11.5 Å². The number of carbonyl (C=O) groups is 2. The number of amides is 1. The van der Waals surface area contributed by atoms with E-state index in [0.717, 1.165) is 22.9 Å². The minimum absolute atomic E-state index is 0.0949. The first kappa shape index (κ1) is 17.9. The zero-order valence-electron chi connectivity index (χ0n) is 14.1. The lowest BCUT2D eigenvalue weighted by Gasteiger charge is -2.03. The molecule has 3 rings (SSSR count). The van der Waals surface area contributed by atoms with Crippen LogP contribution in [-0.2, 0) is 9.59 Å². The highest BCUT2D eigenvalue weighted by atomic mass is 32.2. The number of nitrogens with zero attached hydrogens (tertiary/aromatic N) is 2. The number of aromatic nitrogens is 2. The molecular formula is C19H17N3O3S. The Morgan fingerprint density at radius 3 is 2.65 bits per heavy atom. The number of thioether (sulfide) groups is 1. The lowest BCUT2D eigenvalue weighted by atomic mass is 10.1. The standard InChI is InChI=1S/C19H17N3O3S/c1-13-6-5-7-14(10-13)18-21-22-19(25-18)26-12-16(23)11-17(24)20-15-8-3-2-4-9-15/h2-10H,11-12H2,1H3,(H,20,24). The molecule has 0 bridgehead atoms. The quantitative estimate of drug-likeness (QED) is 0.506. The van der Waals surface area contributed by atoms with Crippen molar-refractivity contribution in [1.82, 2.24) is 10.2 Å². The van der Waals surface area contributed by atoms with Gasteiger partial charge in [-0.3, -0.25) is 9.59 Å². The highest BCUT2D eigenvalue weighted by Crippen LogP contribution is 2.23. The third-order valence-electron chi connectivity index (χ3n) is 3.44. The molecule has 0 aliphatic carbocycles. The molecule has 0 aliphatic heterocycles. The molecule has 0 atom stereocenters. The average molecular weight is 367 g/mol. The van der Waals surface area contributed by atoms with Gasteiger partial charge in [0.2, 0.25) is 11.8 Å². The molecule has 0 saturated heterocycles. The summed E-state index contributed by atoms with van der Waals surface area (Å²) >= 11 is 1.13. The van der Waals surface area contributed by atoms with Crippen molar-refractivity contribution >= 4 is 29.1 Å². The zero-order valence-corrected chi connectivity index (χ0v) is 15.0. The van der Waals surface area contributed by atoms with E-state index in [1.54, 1.807) is 12.1 Å². The number of carbonyl (C=O) groups excluding carboxylic acids is 2. The second kappa shape index (κ2) is 8.44. The molecule has 1 amide bonds. The van der Waals surface area contributed by atoms with Crippen LogP contribution >= 0.6 is 11.8 Å². The maximum absolute atomic E-state index is 12.0. The number of ketones is 1. The number of Topliss-reactive ketones (excluding diaryl/α,β-unsaturated/α-hetero) is 1. The smallest absolute Gasteiger partial charge is 0.277 e. The third kappa shape index (κ3) is 5.03. The zero-order chi connectivity index (χ0) is 18.4. The lowest BCUT2D eigenvalue weighted by Crippen LogP contribution is -2.17. The fourth-order valence-corrected chi connectivity index (χ4v) is 2.88. The molecule has 0 saturated carbocycles. The predicted octanol–water partition coefficient (Wildman–Crippen LogP) is 3.74. The first-order valence-corrected chi connectivity index (χ1v) is 8.98. The summed E-state index contributed by atoms with van der Waals surface area (Å²) in [5.74, 6) is -0.0468. The van der Waals surface area contributed by atoms with Crippen LogP contribution in [-0.4, -0.2) is 27.6 Å². The summed E-state index contributed by atoms with van der Waals surface area (Å²) in [7, 11) is 0. The van der Waals surface area contributed by atoms with Gasteiger partial charge >= 0.3 is 0 Å². The van der Waals surface area contributed by atoms with Gasteiger partial charge in [-0.2, -0.15) is 0 Å². The van der Waals surface area contributed by atoms with Gasteiger partial charge in [0.1, 0.15) is 0 Å². The van der Waals surface area contributed by atoms with Crippen LogP contribution in [0, 0.1) is 6.92 Å². The van der Waals surface area contributed by atoms with Crippen LogP contribution in [0.5, 0.6) is 0 Å². The number of hydrogen-bond donors (Lipinski definition) is 1. The predicted molar refractivity (Wildman–Crippen MR) is 99.9 cm³/mol. The van der Waals surface area contributed by atoms with Gasteiger partial charge in [-0.05, 0) is 31.2 Å². The topological polar surface area (TPSA) is 85.1 Å². The summed E-state index contributed by atoms with van der Waals surface area (Å²) in [6, 6.07) is 16.7. The molecule has 0 radical (unpaired) electrons. The number of para-hydroxylation sites is 1. The molecule has 7 heteroatoms. The van der Waals surface area contributed by atoms with Crippen LogP contribution in [0.1, 0.15) is 12.0 Å². The number of rotatable bonds is 7. The summed E-state index contributed by atoms with van der Waals surface area (Å²) in [5.41, 5.74) is 2.59. The first-order chi connectivity index (χ1) is 12.6. The molecular weight excluding hydrogens is 350 g/mol. The monoisotopic (exact) mass is 367 g/mol. The van der Waals surface area contributed by atoms with E-state index in [2.05, 4.69) is 15.5 Å². The fourth-order valence-electron chi connectivity index (χ4n) is 2.26. The Morgan fingerprint density at radius 1 is 1.08 bits per heavy atom. The van der Waals surface area contributed by atoms with E-state index in [-0.39, 0.29) is 23.9 Å². The highest BCUT2D eigenvalue weighted by Gasteiger charge is 2.14. The van der Waals surface area contributed by atoms with Crippen LogP contribution in [0.4, 0.5) is 5.69 Å². The van der Waals surface area contributed by atoms with Gasteiger partial charge < -0.3 is 9.73 Å². The molecule has 1 aromatic heterocycles. The van der Waals surface area contributed by atoms with Gasteiger partial charge in [0, 0.05) is 11.3 Å². The van der Waals surface area contributed by atoms with Crippen molar-refractivity contribution in [1.29, 1.82) is 0 Å². The highest BCUT2D eigenvalue weighted by molar-refractivity contribution is 7.99. The van der Waals surface area contributed by atoms with Crippen molar-refractivity contribution in [2.75, 3.05) is 11.1 Å². The molecule has 0 spiro atoms. The van der Waals surface area contributed by atoms with Crippen LogP contribution in [0.15, 0.2) is 64.2 Å². The SMILES string of the molecule is Cc1cccc(-c2nnc(SCC(=O)CC(=O)Nc3ccccc3)o2)c1. The van der Waals surface area contributed by atoms with E-state index in [1.807, 2.05) is 49.4 Å². The Hall–Kier alpha value is -2.93. The Morgan fingerprint density at radius 2 is 1.88 bits per heavy atom. The minimum atomic E-state index is -0.340. The fraction of sp³-hybridized carbons (Fsp3) is 0.158. The summed E-state index contributed by atoms with van der Waals surface area (Å²) in [6.45, 7) is 1.98. The number of hydrogen-bond acceptors (Lipinski definition) is 6.